The highest BCUT2D eigenvalue weighted by molar-refractivity contribution is 5.83. The maximum absolute atomic E-state index is 11.8. The van der Waals surface area contributed by atoms with Crippen LogP contribution in [0.2, 0.25) is 0 Å². The molecule has 0 fully saturated rings. The first kappa shape index (κ1) is 16.9. The number of aliphatic carboxylic acids is 1. The lowest BCUT2D eigenvalue weighted by Gasteiger charge is -2.23. The van der Waals surface area contributed by atoms with E-state index >= 15 is 0 Å². The lowest BCUT2D eigenvalue weighted by molar-refractivity contribution is -0.142. The number of hydrogen-bond donors (Lipinski definition) is 2. The highest BCUT2D eigenvalue weighted by Gasteiger charge is 2.22. The molecule has 0 spiro atoms. The predicted octanol–water partition coefficient (Wildman–Crippen LogP) is 2.82. The molecule has 0 aromatic rings. The summed E-state index contributed by atoms with van der Waals surface area (Å²) in [4.78, 5) is 22.7. The Morgan fingerprint density at radius 1 is 1.28 bits per heavy atom. The summed E-state index contributed by atoms with van der Waals surface area (Å²) in [7, 11) is 0. The van der Waals surface area contributed by atoms with Crippen molar-refractivity contribution in [2.45, 2.75) is 66.3 Å². The molecule has 0 heterocycles. The number of carboxylic acid groups (broad SMARTS) is 1. The van der Waals surface area contributed by atoms with Gasteiger partial charge >= 0.3 is 5.97 Å². The quantitative estimate of drug-likeness (QED) is 0.737. The maximum Gasteiger partial charge on any atom is 0.326 e. The number of hydrogen-bond acceptors (Lipinski definition) is 2. The summed E-state index contributed by atoms with van der Waals surface area (Å²) in [5.74, 6) is -0.845. The first-order valence-electron chi connectivity index (χ1n) is 6.68. The van der Waals surface area contributed by atoms with E-state index in [9.17, 15) is 9.59 Å². The highest BCUT2D eigenvalue weighted by atomic mass is 16.4. The highest BCUT2D eigenvalue weighted by Crippen LogP contribution is 2.25. The third-order valence-corrected chi connectivity index (χ3v) is 2.71. The van der Waals surface area contributed by atoms with Gasteiger partial charge in [0.1, 0.15) is 6.04 Å². The summed E-state index contributed by atoms with van der Waals surface area (Å²) in [6, 6.07) is -0.746. The topological polar surface area (TPSA) is 66.4 Å². The Bertz CT molecular complexity index is 281. The number of carboxylic acids is 1. The van der Waals surface area contributed by atoms with E-state index in [1.165, 1.54) is 0 Å². The maximum atomic E-state index is 11.8. The first-order valence-corrected chi connectivity index (χ1v) is 6.68. The van der Waals surface area contributed by atoms with Gasteiger partial charge in [-0.15, -0.1) is 0 Å². The molecule has 0 aliphatic rings. The van der Waals surface area contributed by atoms with Crippen molar-refractivity contribution in [2.24, 2.45) is 11.3 Å². The Labute approximate surface area is 110 Å². The minimum Gasteiger partial charge on any atom is -0.480 e. The molecule has 18 heavy (non-hydrogen) atoms. The molecule has 4 heteroatoms. The molecule has 0 radical (unpaired) electrons. The summed E-state index contributed by atoms with van der Waals surface area (Å²) in [5.41, 5.74) is 0.190. The van der Waals surface area contributed by atoms with Crippen LogP contribution in [0.25, 0.3) is 0 Å². The molecule has 0 rings (SSSR count). The molecule has 0 aliphatic carbocycles. The second kappa shape index (κ2) is 7.39. The minimum absolute atomic E-state index is 0.160. The Balaban J connectivity index is 4.20. The molecule has 1 unspecified atom stereocenters. The van der Waals surface area contributed by atoms with Crippen LogP contribution in [0, 0.1) is 11.3 Å². The van der Waals surface area contributed by atoms with E-state index in [0.717, 1.165) is 12.8 Å². The van der Waals surface area contributed by atoms with Crippen LogP contribution < -0.4 is 5.32 Å². The summed E-state index contributed by atoms with van der Waals surface area (Å²) in [6.45, 7) is 10.3. The second-order valence-electron chi connectivity index (χ2n) is 6.32. The van der Waals surface area contributed by atoms with Crippen molar-refractivity contribution in [3.8, 4) is 0 Å². The zero-order valence-corrected chi connectivity index (χ0v) is 12.2. The summed E-state index contributed by atoms with van der Waals surface area (Å²) in [5, 5.41) is 11.6. The molecular formula is C14H27NO3. The van der Waals surface area contributed by atoms with Crippen molar-refractivity contribution in [1.82, 2.24) is 5.32 Å². The van der Waals surface area contributed by atoms with Crippen molar-refractivity contribution in [1.29, 1.82) is 0 Å². The number of rotatable bonds is 7. The van der Waals surface area contributed by atoms with Gasteiger partial charge in [-0.1, -0.05) is 41.0 Å². The molecule has 2 atom stereocenters. The molecular weight excluding hydrogens is 230 g/mol. The molecule has 0 bridgehead atoms. The monoisotopic (exact) mass is 257 g/mol. The van der Waals surface area contributed by atoms with Gasteiger partial charge in [-0.2, -0.15) is 0 Å². The largest absolute Gasteiger partial charge is 0.480 e. The fourth-order valence-corrected chi connectivity index (χ4v) is 2.23. The third kappa shape index (κ3) is 8.09. The van der Waals surface area contributed by atoms with E-state index < -0.39 is 12.0 Å². The average molecular weight is 257 g/mol. The van der Waals surface area contributed by atoms with Crippen molar-refractivity contribution in [2.75, 3.05) is 0 Å². The van der Waals surface area contributed by atoms with Gasteiger partial charge < -0.3 is 10.4 Å². The number of carbonyl (C=O) groups excluding carboxylic acids is 1. The summed E-state index contributed by atoms with van der Waals surface area (Å²) >= 11 is 0. The van der Waals surface area contributed by atoms with E-state index in [-0.39, 0.29) is 17.2 Å². The Morgan fingerprint density at radius 3 is 2.22 bits per heavy atom. The average Bonchev–Trinajstić information content (AvgIpc) is 2.13. The van der Waals surface area contributed by atoms with Crippen molar-refractivity contribution in [3.05, 3.63) is 0 Å². The number of nitrogens with one attached hydrogen (secondary N) is 1. The van der Waals surface area contributed by atoms with Crippen LogP contribution >= 0.6 is 0 Å². The van der Waals surface area contributed by atoms with Crippen LogP contribution in [0.3, 0.4) is 0 Å². The van der Waals surface area contributed by atoms with Gasteiger partial charge in [-0.25, -0.2) is 4.79 Å². The molecule has 0 aromatic carbocycles. The van der Waals surface area contributed by atoms with Crippen LogP contribution in [0.15, 0.2) is 0 Å². The van der Waals surface area contributed by atoms with Crippen LogP contribution in [-0.4, -0.2) is 23.0 Å². The SMILES string of the molecule is CCC[C@H](NC(=O)CC(C)CC(C)(C)C)C(=O)O. The van der Waals surface area contributed by atoms with Gasteiger partial charge in [-0.3, -0.25) is 4.79 Å². The van der Waals surface area contributed by atoms with Gasteiger partial charge in [0, 0.05) is 6.42 Å². The molecule has 0 saturated carbocycles. The van der Waals surface area contributed by atoms with E-state index in [0.29, 0.717) is 12.8 Å². The van der Waals surface area contributed by atoms with Crippen molar-refractivity contribution < 1.29 is 14.7 Å². The molecule has 0 aromatic heterocycles. The zero-order chi connectivity index (χ0) is 14.3. The molecule has 0 aliphatic heterocycles. The summed E-state index contributed by atoms with van der Waals surface area (Å²) in [6.07, 6.45) is 2.57. The fourth-order valence-electron chi connectivity index (χ4n) is 2.23. The van der Waals surface area contributed by atoms with Crippen LogP contribution in [0.4, 0.5) is 0 Å². The minimum atomic E-state index is -0.950. The number of amides is 1. The lowest BCUT2D eigenvalue weighted by Crippen LogP contribution is -2.41. The third-order valence-electron chi connectivity index (χ3n) is 2.71. The zero-order valence-electron chi connectivity index (χ0n) is 12.2. The van der Waals surface area contributed by atoms with Crippen molar-refractivity contribution in [3.63, 3.8) is 0 Å². The van der Waals surface area contributed by atoms with Gasteiger partial charge in [0.15, 0.2) is 0 Å². The lowest BCUT2D eigenvalue weighted by atomic mass is 9.84. The molecule has 2 N–H and O–H groups in total. The van der Waals surface area contributed by atoms with Gasteiger partial charge in [0.05, 0.1) is 0 Å². The fraction of sp³-hybridized carbons (Fsp3) is 0.857. The van der Waals surface area contributed by atoms with Gasteiger partial charge in [0.25, 0.3) is 0 Å². The molecule has 4 nitrogen and oxygen atoms in total. The van der Waals surface area contributed by atoms with E-state index in [4.69, 9.17) is 5.11 Å². The molecule has 1 amide bonds. The second-order valence-corrected chi connectivity index (χ2v) is 6.32. The van der Waals surface area contributed by atoms with Crippen LogP contribution in [0.1, 0.15) is 60.3 Å². The Kier molecular flexibility index (Phi) is 6.96. The Hall–Kier alpha value is -1.06. The normalized spacial score (nSPS) is 14.9. The van der Waals surface area contributed by atoms with Crippen molar-refractivity contribution >= 4 is 11.9 Å². The number of carbonyl (C=O) groups is 2. The van der Waals surface area contributed by atoms with Gasteiger partial charge in [-0.05, 0) is 24.2 Å². The van der Waals surface area contributed by atoms with Crippen LogP contribution in [-0.2, 0) is 9.59 Å². The molecule has 0 saturated heterocycles. The van der Waals surface area contributed by atoms with Gasteiger partial charge in [0.2, 0.25) is 5.91 Å². The molecule has 106 valence electrons. The predicted molar refractivity (Wildman–Crippen MR) is 72.3 cm³/mol. The Morgan fingerprint density at radius 2 is 1.83 bits per heavy atom. The summed E-state index contributed by atoms with van der Waals surface area (Å²) < 4.78 is 0. The van der Waals surface area contributed by atoms with E-state index in [1.807, 2.05) is 13.8 Å². The first-order chi connectivity index (χ1) is 8.15. The smallest absolute Gasteiger partial charge is 0.326 e. The van der Waals surface area contributed by atoms with Crippen LogP contribution in [0.5, 0.6) is 0 Å². The van der Waals surface area contributed by atoms with E-state index in [1.54, 1.807) is 0 Å². The standard InChI is InChI=1S/C14H27NO3/c1-6-7-11(13(17)18)15-12(16)8-10(2)9-14(3,4)5/h10-11H,6-9H2,1-5H3,(H,15,16)(H,17,18)/t10?,11-/m0/s1. The van der Waals surface area contributed by atoms with E-state index in [2.05, 4.69) is 26.1 Å².